The monoisotopic (exact) mass is 517 g/mol. The third-order valence-electron chi connectivity index (χ3n) is 5.95. The molecule has 5 rings (SSSR count). The van der Waals surface area contributed by atoms with E-state index in [0.717, 1.165) is 11.3 Å². The number of Topliss-reactive ketones (excluding diaryl/α,β-unsaturated/α-hetero) is 1. The Morgan fingerprint density at radius 1 is 1.11 bits per heavy atom. The van der Waals surface area contributed by atoms with Gasteiger partial charge in [0, 0.05) is 47.4 Å². The number of nitrogens with one attached hydrogen (secondary N) is 1. The van der Waals surface area contributed by atoms with Crippen molar-refractivity contribution in [2.75, 3.05) is 5.32 Å². The maximum absolute atomic E-state index is 13.7. The summed E-state index contributed by atoms with van der Waals surface area (Å²) < 4.78 is 0. The summed E-state index contributed by atoms with van der Waals surface area (Å²) in [5.41, 5.74) is 4.57. The average molecular weight is 518 g/mol. The molecule has 0 saturated heterocycles. The van der Waals surface area contributed by atoms with Crippen LogP contribution in [0.3, 0.4) is 0 Å². The fraction of sp³-hybridized carbons (Fsp3) is 0.154. The summed E-state index contributed by atoms with van der Waals surface area (Å²) in [6, 6.07) is 16.7. The first-order chi connectivity index (χ1) is 17.5. The second-order valence-electron chi connectivity index (χ2n) is 8.31. The van der Waals surface area contributed by atoms with Crippen LogP contribution in [0, 0.1) is 0 Å². The fourth-order valence-corrected chi connectivity index (χ4v) is 4.81. The molecule has 0 fully saturated rings. The Morgan fingerprint density at radius 2 is 1.94 bits per heavy atom. The van der Waals surface area contributed by atoms with Gasteiger partial charge in [0.05, 0.1) is 6.04 Å². The number of carbonyl (C=O) groups excluding carboxylic acids is 3. The van der Waals surface area contributed by atoms with Gasteiger partial charge < -0.3 is 4.90 Å². The molecule has 0 radical (unpaired) electrons. The van der Waals surface area contributed by atoms with Crippen molar-refractivity contribution in [1.82, 2.24) is 20.1 Å². The summed E-state index contributed by atoms with van der Waals surface area (Å²) in [6.07, 6.45) is 2.08. The zero-order valence-corrected chi connectivity index (χ0v) is 20.5. The quantitative estimate of drug-likeness (QED) is 0.410. The van der Waals surface area contributed by atoms with E-state index in [1.54, 1.807) is 53.6 Å². The lowest BCUT2D eigenvalue weighted by Crippen LogP contribution is -2.44. The van der Waals surface area contributed by atoms with Crippen LogP contribution in [0.15, 0.2) is 72.4 Å². The number of amides is 2. The van der Waals surface area contributed by atoms with Gasteiger partial charge in [-0.2, -0.15) is 0 Å². The molecule has 0 aliphatic carbocycles. The third kappa shape index (κ3) is 5.17. The minimum absolute atomic E-state index is 0.0805. The van der Waals surface area contributed by atoms with Crippen molar-refractivity contribution in [2.24, 2.45) is 0 Å². The maximum atomic E-state index is 13.7. The molecule has 0 spiro atoms. The summed E-state index contributed by atoms with van der Waals surface area (Å²) in [4.78, 5) is 45.5. The molecule has 1 aliphatic heterocycles. The number of aromatic nitrogens is 3. The Bertz CT molecular complexity index is 1410. The van der Waals surface area contributed by atoms with Gasteiger partial charge >= 0.3 is 0 Å². The summed E-state index contributed by atoms with van der Waals surface area (Å²) >= 11 is 7.38. The molecule has 2 aromatic carbocycles. The summed E-state index contributed by atoms with van der Waals surface area (Å²) in [5.74, 6) is -0.632. The van der Waals surface area contributed by atoms with E-state index in [0.29, 0.717) is 33.3 Å². The van der Waals surface area contributed by atoms with Crippen LogP contribution < -0.4 is 5.32 Å². The van der Waals surface area contributed by atoms with Gasteiger partial charge in [0.15, 0.2) is 5.78 Å². The predicted molar refractivity (Wildman–Crippen MR) is 136 cm³/mol. The first-order valence-corrected chi connectivity index (χ1v) is 12.4. The SMILES string of the molecule is O=C(Nc1nncs1)c1ccc(CN2C(=O)c3ccc(Cl)cc3CC(=O)[C@H]2Cc2ccccn2)cc1. The Hall–Kier alpha value is -3.95. The van der Waals surface area contributed by atoms with Crippen LogP contribution in [0.4, 0.5) is 5.13 Å². The molecule has 2 aromatic heterocycles. The molecule has 36 heavy (non-hydrogen) atoms. The Kier molecular flexibility index (Phi) is 6.84. The van der Waals surface area contributed by atoms with Gasteiger partial charge in [-0.3, -0.25) is 24.7 Å². The highest BCUT2D eigenvalue weighted by molar-refractivity contribution is 7.13. The number of pyridine rings is 1. The van der Waals surface area contributed by atoms with Gasteiger partial charge in [-0.15, -0.1) is 10.2 Å². The van der Waals surface area contributed by atoms with E-state index in [9.17, 15) is 14.4 Å². The van der Waals surface area contributed by atoms with E-state index in [1.165, 1.54) is 16.8 Å². The van der Waals surface area contributed by atoms with Crippen molar-refractivity contribution >= 4 is 45.7 Å². The molecule has 4 aromatic rings. The molecule has 8 nitrogen and oxygen atoms in total. The lowest BCUT2D eigenvalue weighted by Gasteiger charge is -2.29. The number of ketones is 1. The minimum Gasteiger partial charge on any atom is -0.324 e. The number of nitrogens with zero attached hydrogens (tertiary/aromatic N) is 4. The second-order valence-corrected chi connectivity index (χ2v) is 9.58. The lowest BCUT2D eigenvalue weighted by molar-refractivity contribution is -0.122. The summed E-state index contributed by atoms with van der Waals surface area (Å²) in [5, 5.41) is 11.1. The molecule has 180 valence electrons. The molecule has 0 bridgehead atoms. The second kappa shape index (κ2) is 10.3. The number of carbonyl (C=O) groups is 3. The average Bonchev–Trinajstić information content (AvgIpc) is 3.37. The van der Waals surface area contributed by atoms with Crippen molar-refractivity contribution in [1.29, 1.82) is 0 Å². The zero-order valence-electron chi connectivity index (χ0n) is 18.9. The molecule has 2 amide bonds. The van der Waals surface area contributed by atoms with Gasteiger partial charge in [0.2, 0.25) is 5.13 Å². The van der Waals surface area contributed by atoms with Crippen molar-refractivity contribution in [3.63, 3.8) is 0 Å². The van der Waals surface area contributed by atoms with Crippen LogP contribution in [0.1, 0.15) is 37.5 Å². The number of rotatable bonds is 6. The Balaban J connectivity index is 1.43. The first kappa shape index (κ1) is 23.8. The molecule has 0 unspecified atom stereocenters. The molecule has 1 aliphatic rings. The van der Waals surface area contributed by atoms with Crippen LogP contribution in [0.2, 0.25) is 5.02 Å². The van der Waals surface area contributed by atoms with Gasteiger partial charge in [0.25, 0.3) is 11.8 Å². The van der Waals surface area contributed by atoms with E-state index in [1.807, 2.05) is 18.2 Å². The summed E-state index contributed by atoms with van der Waals surface area (Å²) in [6.45, 7) is 0.197. The standard InChI is InChI=1S/C26H20ClN5O3S/c27-19-8-9-21-18(11-19)12-23(33)22(13-20-3-1-2-10-28-20)32(25(21)35)14-16-4-6-17(7-5-16)24(34)30-26-31-29-15-36-26/h1-11,15,22H,12-14H2,(H,30,31,34)/t22-/m1/s1. The van der Waals surface area contributed by atoms with E-state index in [-0.39, 0.29) is 30.6 Å². The van der Waals surface area contributed by atoms with Crippen LogP contribution in [-0.4, -0.2) is 43.7 Å². The molecular weight excluding hydrogens is 498 g/mol. The number of benzene rings is 2. The lowest BCUT2D eigenvalue weighted by atomic mass is 9.99. The number of halogens is 1. The molecular formula is C26H20ClN5O3S. The highest BCUT2D eigenvalue weighted by Crippen LogP contribution is 2.27. The van der Waals surface area contributed by atoms with E-state index < -0.39 is 6.04 Å². The largest absolute Gasteiger partial charge is 0.324 e. The normalized spacial score (nSPS) is 15.4. The van der Waals surface area contributed by atoms with Crippen molar-refractivity contribution in [2.45, 2.75) is 25.4 Å². The smallest absolute Gasteiger partial charge is 0.257 e. The van der Waals surface area contributed by atoms with Crippen molar-refractivity contribution in [3.8, 4) is 0 Å². The van der Waals surface area contributed by atoms with Crippen LogP contribution >= 0.6 is 22.9 Å². The summed E-state index contributed by atoms with van der Waals surface area (Å²) in [7, 11) is 0. The van der Waals surface area contributed by atoms with Gasteiger partial charge in [-0.1, -0.05) is 41.1 Å². The van der Waals surface area contributed by atoms with Gasteiger partial charge in [0.1, 0.15) is 5.51 Å². The molecule has 1 atom stereocenters. The number of hydrogen-bond acceptors (Lipinski definition) is 7. The molecule has 0 saturated carbocycles. The highest BCUT2D eigenvalue weighted by Gasteiger charge is 2.35. The number of fused-ring (bicyclic) bond motifs is 1. The zero-order chi connectivity index (χ0) is 25.1. The van der Waals surface area contributed by atoms with Gasteiger partial charge in [-0.05, 0) is 53.6 Å². The van der Waals surface area contributed by atoms with E-state index >= 15 is 0 Å². The van der Waals surface area contributed by atoms with Crippen LogP contribution in [0.25, 0.3) is 0 Å². The van der Waals surface area contributed by atoms with E-state index in [4.69, 9.17) is 11.6 Å². The van der Waals surface area contributed by atoms with Crippen LogP contribution in [0.5, 0.6) is 0 Å². The molecule has 1 N–H and O–H groups in total. The molecule has 10 heteroatoms. The topological polar surface area (TPSA) is 105 Å². The fourth-order valence-electron chi connectivity index (χ4n) is 4.17. The van der Waals surface area contributed by atoms with Crippen molar-refractivity contribution in [3.05, 3.63) is 105 Å². The molecule has 3 heterocycles. The van der Waals surface area contributed by atoms with Crippen molar-refractivity contribution < 1.29 is 14.4 Å². The highest BCUT2D eigenvalue weighted by atomic mass is 35.5. The van der Waals surface area contributed by atoms with Crippen LogP contribution in [-0.2, 0) is 24.2 Å². The first-order valence-electron chi connectivity index (χ1n) is 11.2. The Labute approximate surface area is 216 Å². The van der Waals surface area contributed by atoms with E-state index in [2.05, 4.69) is 20.5 Å². The minimum atomic E-state index is -0.695. The number of anilines is 1. The Morgan fingerprint density at radius 3 is 2.67 bits per heavy atom. The number of hydrogen-bond donors (Lipinski definition) is 1. The maximum Gasteiger partial charge on any atom is 0.257 e. The van der Waals surface area contributed by atoms with Gasteiger partial charge in [-0.25, -0.2) is 0 Å². The third-order valence-corrected chi connectivity index (χ3v) is 6.79. The predicted octanol–water partition coefficient (Wildman–Crippen LogP) is 4.22.